The van der Waals surface area contributed by atoms with E-state index in [1.165, 1.54) is 22.1 Å². The Bertz CT molecular complexity index is 985. The number of nitrogens with zero attached hydrogens (tertiary/aromatic N) is 2. The van der Waals surface area contributed by atoms with Gasteiger partial charge in [0.15, 0.2) is 0 Å². The van der Waals surface area contributed by atoms with E-state index >= 15 is 0 Å². The Balaban J connectivity index is 1.83. The van der Waals surface area contributed by atoms with Gasteiger partial charge in [-0.05, 0) is 61.9 Å². The monoisotopic (exact) mass is 448 g/mol. The molecule has 0 spiro atoms. The van der Waals surface area contributed by atoms with Crippen LogP contribution in [0.4, 0.5) is 0 Å². The van der Waals surface area contributed by atoms with E-state index in [4.69, 9.17) is 4.74 Å². The van der Waals surface area contributed by atoms with E-state index in [1.807, 2.05) is 37.4 Å². The van der Waals surface area contributed by atoms with Crippen LogP contribution in [0.25, 0.3) is 0 Å². The van der Waals surface area contributed by atoms with Crippen LogP contribution in [0.5, 0.6) is 5.75 Å². The second-order valence-corrected chi connectivity index (χ2v) is 10.1. The minimum absolute atomic E-state index is 0.0944. The van der Waals surface area contributed by atoms with Gasteiger partial charge in [0.2, 0.25) is 10.0 Å². The van der Waals surface area contributed by atoms with Crippen LogP contribution < -0.4 is 4.74 Å². The Morgan fingerprint density at radius 1 is 1.13 bits per heavy atom. The summed E-state index contributed by atoms with van der Waals surface area (Å²) in [7, 11) is -2.19. The number of amides is 1. The Morgan fingerprint density at radius 2 is 1.80 bits per heavy atom. The van der Waals surface area contributed by atoms with Crippen molar-refractivity contribution >= 4 is 27.7 Å². The van der Waals surface area contributed by atoms with E-state index in [9.17, 15) is 13.2 Å². The third-order valence-corrected chi connectivity index (χ3v) is 7.74. The highest BCUT2D eigenvalue weighted by atomic mass is 32.2. The van der Waals surface area contributed by atoms with Crippen LogP contribution in [0.1, 0.15) is 35.7 Å². The molecule has 0 radical (unpaired) electrons. The molecule has 2 aromatic carbocycles. The largest absolute Gasteiger partial charge is 0.494 e. The Kier molecular flexibility index (Phi) is 7.44. The summed E-state index contributed by atoms with van der Waals surface area (Å²) < 4.78 is 33.1. The average molecular weight is 449 g/mol. The van der Waals surface area contributed by atoms with E-state index in [1.54, 1.807) is 24.1 Å². The summed E-state index contributed by atoms with van der Waals surface area (Å²) >= 11 is 1.45. The molecule has 0 N–H and O–H groups in total. The van der Waals surface area contributed by atoms with Crippen LogP contribution in [0.15, 0.2) is 52.3 Å². The van der Waals surface area contributed by atoms with Crippen molar-refractivity contribution in [3.05, 3.63) is 53.6 Å². The SMILES string of the molecule is CCOc1ccc(CN(C)S(=O)(=O)c2ccc(SC)c(C(=O)N3CCCC3)c2)cc1. The first kappa shape index (κ1) is 22.7. The molecule has 162 valence electrons. The number of sulfonamides is 1. The number of ether oxygens (including phenoxy) is 1. The molecule has 1 aliphatic heterocycles. The number of hydrogen-bond acceptors (Lipinski definition) is 5. The predicted octanol–water partition coefficient (Wildman–Crippen LogP) is 3.86. The number of thioether (sulfide) groups is 1. The zero-order valence-corrected chi connectivity index (χ0v) is 19.3. The lowest BCUT2D eigenvalue weighted by molar-refractivity contribution is 0.0789. The molecule has 2 aromatic rings. The topological polar surface area (TPSA) is 66.9 Å². The van der Waals surface area contributed by atoms with Crippen molar-refractivity contribution in [2.45, 2.75) is 36.1 Å². The Hall–Kier alpha value is -2.03. The van der Waals surface area contributed by atoms with E-state index in [0.717, 1.165) is 42.1 Å². The number of carbonyl (C=O) groups excluding carboxylic acids is 1. The van der Waals surface area contributed by atoms with Crippen LogP contribution in [-0.2, 0) is 16.6 Å². The first-order valence-corrected chi connectivity index (χ1v) is 12.7. The standard InChI is InChI=1S/C22H28N2O4S2/c1-4-28-18-9-7-17(8-10-18)16-23(2)30(26,27)19-11-12-21(29-3)20(15-19)22(25)24-13-5-6-14-24/h7-12,15H,4-6,13-14,16H2,1-3H3. The van der Waals surface area contributed by atoms with Gasteiger partial charge in [-0.1, -0.05) is 12.1 Å². The first-order valence-electron chi connectivity index (χ1n) is 10.0. The Morgan fingerprint density at radius 3 is 2.40 bits per heavy atom. The van der Waals surface area contributed by atoms with Crippen LogP contribution in [0.2, 0.25) is 0 Å². The molecule has 0 unspecified atom stereocenters. The average Bonchev–Trinajstić information content (AvgIpc) is 3.29. The van der Waals surface area contributed by atoms with Crippen LogP contribution in [-0.4, -0.2) is 56.5 Å². The molecule has 1 aliphatic rings. The lowest BCUT2D eigenvalue weighted by Gasteiger charge is -2.20. The molecule has 0 atom stereocenters. The maximum atomic E-state index is 13.2. The molecule has 0 saturated carbocycles. The minimum atomic E-state index is -3.74. The second kappa shape index (κ2) is 9.85. The summed E-state index contributed by atoms with van der Waals surface area (Å²) in [5.41, 5.74) is 1.32. The van der Waals surface area contributed by atoms with Gasteiger partial charge in [0.25, 0.3) is 5.91 Å². The number of hydrogen-bond donors (Lipinski definition) is 0. The highest BCUT2D eigenvalue weighted by Crippen LogP contribution is 2.28. The highest BCUT2D eigenvalue weighted by molar-refractivity contribution is 7.98. The molecule has 1 amide bonds. The predicted molar refractivity (Wildman–Crippen MR) is 120 cm³/mol. The summed E-state index contributed by atoms with van der Waals surface area (Å²) in [6.07, 6.45) is 3.87. The van der Waals surface area contributed by atoms with Crippen LogP contribution >= 0.6 is 11.8 Å². The zero-order chi connectivity index (χ0) is 21.7. The summed E-state index contributed by atoms with van der Waals surface area (Å²) in [5, 5.41) is 0. The van der Waals surface area contributed by atoms with Gasteiger partial charge in [-0.2, -0.15) is 4.31 Å². The maximum Gasteiger partial charge on any atom is 0.255 e. The molecule has 0 aliphatic carbocycles. The maximum absolute atomic E-state index is 13.2. The van der Waals surface area contributed by atoms with Crippen molar-refractivity contribution < 1.29 is 17.9 Å². The van der Waals surface area contributed by atoms with E-state index < -0.39 is 10.0 Å². The third-order valence-electron chi connectivity index (χ3n) is 5.14. The molecular weight excluding hydrogens is 420 g/mol. The lowest BCUT2D eigenvalue weighted by atomic mass is 10.2. The molecular formula is C22H28N2O4S2. The third kappa shape index (κ3) is 4.99. The van der Waals surface area contributed by atoms with Crippen molar-refractivity contribution in [1.82, 2.24) is 9.21 Å². The molecule has 30 heavy (non-hydrogen) atoms. The van der Waals surface area contributed by atoms with Gasteiger partial charge in [-0.15, -0.1) is 11.8 Å². The van der Waals surface area contributed by atoms with Gasteiger partial charge in [0.1, 0.15) is 5.75 Å². The Labute approximate surface area is 183 Å². The van der Waals surface area contributed by atoms with Crippen molar-refractivity contribution in [3.8, 4) is 5.75 Å². The molecule has 0 bridgehead atoms. The van der Waals surface area contributed by atoms with Crippen molar-refractivity contribution in [2.24, 2.45) is 0 Å². The van der Waals surface area contributed by atoms with E-state index in [0.29, 0.717) is 12.2 Å². The van der Waals surface area contributed by atoms with Gasteiger partial charge in [0.05, 0.1) is 17.1 Å². The van der Waals surface area contributed by atoms with Crippen LogP contribution in [0.3, 0.4) is 0 Å². The number of carbonyl (C=O) groups is 1. The van der Waals surface area contributed by atoms with Crippen molar-refractivity contribution in [1.29, 1.82) is 0 Å². The number of benzene rings is 2. The van der Waals surface area contributed by atoms with Gasteiger partial charge >= 0.3 is 0 Å². The zero-order valence-electron chi connectivity index (χ0n) is 17.6. The van der Waals surface area contributed by atoms with Crippen LogP contribution in [0, 0.1) is 0 Å². The van der Waals surface area contributed by atoms with Gasteiger partial charge in [0, 0.05) is 31.6 Å². The van der Waals surface area contributed by atoms with Crippen molar-refractivity contribution in [2.75, 3.05) is 33.0 Å². The van der Waals surface area contributed by atoms with E-state index in [2.05, 4.69) is 0 Å². The van der Waals surface area contributed by atoms with Gasteiger partial charge in [-0.3, -0.25) is 4.79 Å². The molecule has 3 rings (SSSR count). The molecule has 1 fully saturated rings. The fraction of sp³-hybridized carbons (Fsp3) is 0.409. The first-order chi connectivity index (χ1) is 14.4. The summed E-state index contributed by atoms with van der Waals surface area (Å²) in [6, 6.07) is 12.2. The number of likely N-dealkylation sites (tertiary alicyclic amines) is 1. The molecule has 1 saturated heterocycles. The minimum Gasteiger partial charge on any atom is -0.494 e. The van der Waals surface area contributed by atoms with Crippen molar-refractivity contribution in [3.63, 3.8) is 0 Å². The second-order valence-electron chi connectivity index (χ2n) is 7.20. The molecule has 6 nitrogen and oxygen atoms in total. The smallest absolute Gasteiger partial charge is 0.255 e. The molecule has 1 heterocycles. The van der Waals surface area contributed by atoms with Gasteiger partial charge < -0.3 is 9.64 Å². The molecule has 0 aromatic heterocycles. The number of rotatable bonds is 8. The van der Waals surface area contributed by atoms with E-state index in [-0.39, 0.29) is 17.3 Å². The normalized spacial score (nSPS) is 14.3. The summed E-state index contributed by atoms with van der Waals surface area (Å²) in [4.78, 5) is 15.7. The fourth-order valence-corrected chi connectivity index (χ4v) is 5.24. The summed E-state index contributed by atoms with van der Waals surface area (Å²) in [6.45, 7) is 4.18. The summed E-state index contributed by atoms with van der Waals surface area (Å²) in [5.74, 6) is 0.660. The van der Waals surface area contributed by atoms with Gasteiger partial charge in [-0.25, -0.2) is 8.42 Å². The quantitative estimate of drug-likeness (QED) is 0.574. The lowest BCUT2D eigenvalue weighted by Crippen LogP contribution is -2.29. The molecule has 8 heteroatoms. The fourth-order valence-electron chi connectivity index (χ4n) is 3.49. The highest BCUT2D eigenvalue weighted by Gasteiger charge is 2.26.